The number of aliphatic carboxylic acids is 1. The highest BCUT2D eigenvalue weighted by Gasteiger charge is 2.43. The molecule has 0 radical (unpaired) electrons. The van der Waals surface area contributed by atoms with E-state index in [4.69, 9.17) is 0 Å². The molecule has 2 rings (SSSR count). The van der Waals surface area contributed by atoms with E-state index in [0.29, 0.717) is 22.9 Å². The largest absolute Gasteiger partial charge is 0.504 e. The third kappa shape index (κ3) is 1.96. The van der Waals surface area contributed by atoms with Crippen molar-refractivity contribution in [2.45, 2.75) is 37.5 Å². The molecule has 3 N–H and O–H groups in total. The quantitative estimate of drug-likeness (QED) is 0.733. The van der Waals surface area contributed by atoms with Gasteiger partial charge in [-0.2, -0.15) is 0 Å². The molecule has 0 heterocycles. The molecule has 0 unspecified atom stereocenters. The average Bonchev–Trinajstić information content (AvgIpc) is 2.37. The average molecular weight is 315 g/mol. The van der Waals surface area contributed by atoms with E-state index in [1.807, 2.05) is 0 Å². The zero-order valence-electron chi connectivity index (χ0n) is 9.82. The minimum absolute atomic E-state index is 0.293. The fourth-order valence-electron chi connectivity index (χ4n) is 2.69. The van der Waals surface area contributed by atoms with Crippen molar-refractivity contribution in [2.24, 2.45) is 0 Å². The first-order valence-corrected chi connectivity index (χ1v) is 6.72. The molecular formula is C13H15BrO4. The maximum atomic E-state index is 11.6. The summed E-state index contributed by atoms with van der Waals surface area (Å²) in [7, 11) is 0. The molecule has 0 spiro atoms. The van der Waals surface area contributed by atoms with Gasteiger partial charge in [0, 0.05) is 5.56 Å². The highest BCUT2D eigenvalue weighted by Crippen LogP contribution is 2.47. The van der Waals surface area contributed by atoms with Crippen LogP contribution in [0.2, 0.25) is 0 Å². The maximum Gasteiger partial charge on any atom is 0.314 e. The van der Waals surface area contributed by atoms with Crippen LogP contribution in [0.25, 0.3) is 0 Å². The first kappa shape index (κ1) is 13.2. The van der Waals surface area contributed by atoms with Crippen molar-refractivity contribution in [1.82, 2.24) is 0 Å². The van der Waals surface area contributed by atoms with E-state index < -0.39 is 11.4 Å². The molecule has 1 aliphatic carbocycles. The normalized spacial score (nSPS) is 18.5. The molecule has 1 fully saturated rings. The number of aromatic hydroxyl groups is 2. The van der Waals surface area contributed by atoms with Gasteiger partial charge in [-0.15, -0.1) is 0 Å². The number of carboxylic acids is 1. The predicted molar refractivity (Wildman–Crippen MR) is 69.9 cm³/mol. The van der Waals surface area contributed by atoms with E-state index in [9.17, 15) is 20.1 Å². The first-order valence-electron chi connectivity index (χ1n) is 5.93. The molecule has 1 aromatic rings. The van der Waals surface area contributed by atoms with Crippen molar-refractivity contribution >= 4 is 21.9 Å². The Morgan fingerprint density at radius 3 is 2.28 bits per heavy atom. The van der Waals surface area contributed by atoms with E-state index in [-0.39, 0.29) is 11.5 Å². The van der Waals surface area contributed by atoms with E-state index >= 15 is 0 Å². The lowest BCUT2D eigenvalue weighted by molar-refractivity contribution is -0.145. The molecule has 0 aromatic heterocycles. The topological polar surface area (TPSA) is 77.8 Å². The van der Waals surface area contributed by atoms with Crippen LogP contribution in [0.15, 0.2) is 16.6 Å². The third-order valence-corrected chi connectivity index (χ3v) is 4.37. The Hall–Kier alpha value is -1.23. The maximum absolute atomic E-state index is 11.6. The fourth-order valence-corrected chi connectivity index (χ4v) is 3.01. The summed E-state index contributed by atoms with van der Waals surface area (Å²) in [5, 5.41) is 29.2. The summed E-state index contributed by atoms with van der Waals surface area (Å²) in [5.74, 6) is -1.55. The first-order chi connectivity index (χ1) is 8.49. The molecule has 0 amide bonds. The van der Waals surface area contributed by atoms with E-state index in [1.54, 1.807) is 12.1 Å². The molecule has 5 heteroatoms. The van der Waals surface area contributed by atoms with Crippen LogP contribution in [-0.4, -0.2) is 21.3 Å². The summed E-state index contributed by atoms with van der Waals surface area (Å²) >= 11 is 3.10. The van der Waals surface area contributed by atoms with Crippen LogP contribution in [0.5, 0.6) is 11.5 Å². The molecule has 0 aliphatic heterocycles. The minimum Gasteiger partial charge on any atom is -0.504 e. The van der Waals surface area contributed by atoms with E-state index in [1.165, 1.54) is 0 Å². The summed E-state index contributed by atoms with van der Waals surface area (Å²) in [6.07, 6.45) is 3.65. The van der Waals surface area contributed by atoms with Crippen molar-refractivity contribution in [3.8, 4) is 11.5 Å². The van der Waals surface area contributed by atoms with Gasteiger partial charge in [0.05, 0.1) is 9.89 Å². The van der Waals surface area contributed by atoms with Gasteiger partial charge in [-0.1, -0.05) is 25.3 Å². The van der Waals surface area contributed by atoms with Crippen LogP contribution in [0.1, 0.15) is 37.7 Å². The van der Waals surface area contributed by atoms with Crippen molar-refractivity contribution in [2.75, 3.05) is 0 Å². The summed E-state index contributed by atoms with van der Waals surface area (Å²) in [5.41, 5.74) is -0.754. The Morgan fingerprint density at radius 2 is 1.72 bits per heavy atom. The molecule has 1 aromatic carbocycles. The lowest BCUT2D eigenvalue weighted by Crippen LogP contribution is -2.37. The highest BCUT2D eigenvalue weighted by atomic mass is 79.9. The number of hydrogen-bond acceptors (Lipinski definition) is 3. The minimum atomic E-state index is -1.07. The van der Waals surface area contributed by atoms with E-state index in [0.717, 1.165) is 19.3 Å². The highest BCUT2D eigenvalue weighted by molar-refractivity contribution is 9.10. The molecule has 0 saturated heterocycles. The Kier molecular flexibility index (Phi) is 3.52. The number of hydrogen-bond donors (Lipinski definition) is 3. The predicted octanol–water partition coefficient (Wildman–Crippen LogP) is 3.15. The Morgan fingerprint density at radius 1 is 1.11 bits per heavy atom. The second kappa shape index (κ2) is 4.80. The number of carbonyl (C=O) groups is 1. The molecule has 4 nitrogen and oxygen atoms in total. The van der Waals surface area contributed by atoms with Gasteiger partial charge in [-0.3, -0.25) is 4.79 Å². The lowest BCUT2D eigenvalue weighted by Gasteiger charge is -2.34. The van der Waals surface area contributed by atoms with Gasteiger partial charge in [0.15, 0.2) is 11.5 Å². The second-order valence-corrected chi connectivity index (χ2v) is 5.59. The zero-order chi connectivity index (χ0) is 13.3. The smallest absolute Gasteiger partial charge is 0.314 e. The zero-order valence-corrected chi connectivity index (χ0v) is 11.4. The second-order valence-electron chi connectivity index (χ2n) is 4.74. The molecule has 0 bridgehead atoms. The van der Waals surface area contributed by atoms with Crippen LogP contribution < -0.4 is 0 Å². The van der Waals surface area contributed by atoms with Gasteiger partial charge >= 0.3 is 5.97 Å². The molecule has 1 saturated carbocycles. The van der Waals surface area contributed by atoms with Crippen LogP contribution in [0.3, 0.4) is 0 Å². The van der Waals surface area contributed by atoms with Crippen LogP contribution >= 0.6 is 15.9 Å². The lowest BCUT2D eigenvalue weighted by atomic mass is 9.69. The van der Waals surface area contributed by atoms with Gasteiger partial charge in [0.2, 0.25) is 0 Å². The molecular weight excluding hydrogens is 300 g/mol. The van der Waals surface area contributed by atoms with Gasteiger partial charge in [-0.25, -0.2) is 0 Å². The molecule has 18 heavy (non-hydrogen) atoms. The Bertz CT molecular complexity index is 478. The van der Waals surface area contributed by atoms with Crippen molar-refractivity contribution < 1.29 is 20.1 Å². The molecule has 98 valence electrons. The van der Waals surface area contributed by atoms with Crippen molar-refractivity contribution in [3.05, 3.63) is 22.2 Å². The van der Waals surface area contributed by atoms with Gasteiger partial charge < -0.3 is 15.3 Å². The number of phenolic OH excluding ortho intramolecular Hbond substituents is 2. The van der Waals surface area contributed by atoms with Gasteiger partial charge in [0.25, 0.3) is 0 Å². The summed E-state index contributed by atoms with van der Waals surface area (Å²) in [6.45, 7) is 0. The monoisotopic (exact) mass is 314 g/mol. The molecule has 1 aliphatic rings. The molecule has 0 atom stereocenters. The van der Waals surface area contributed by atoms with Crippen LogP contribution in [0.4, 0.5) is 0 Å². The summed E-state index contributed by atoms with van der Waals surface area (Å²) in [4.78, 5) is 11.6. The fraction of sp³-hybridized carbons (Fsp3) is 0.462. The third-order valence-electron chi connectivity index (χ3n) is 3.73. The standard InChI is InChI=1S/C13H15BrO4/c14-9-5-4-8(10(15)11(9)16)13(12(17)18)6-2-1-3-7-13/h4-5,15-16H,1-3,6-7H2,(H,17,18). The summed E-state index contributed by atoms with van der Waals surface area (Å²) in [6, 6.07) is 3.16. The van der Waals surface area contributed by atoms with Crippen molar-refractivity contribution in [3.63, 3.8) is 0 Å². The number of halogens is 1. The number of benzene rings is 1. The SMILES string of the molecule is O=C(O)C1(c2ccc(Br)c(O)c2O)CCCCC1. The Labute approximate surface area is 113 Å². The van der Waals surface area contributed by atoms with Gasteiger partial charge in [-0.05, 0) is 34.8 Å². The van der Waals surface area contributed by atoms with Crippen LogP contribution in [-0.2, 0) is 10.2 Å². The number of rotatable bonds is 2. The van der Waals surface area contributed by atoms with Gasteiger partial charge in [0.1, 0.15) is 0 Å². The number of carboxylic acid groups (broad SMARTS) is 1. The van der Waals surface area contributed by atoms with Crippen molar-refractivity contribution in [1.29, 1.82) is 0 Å². The summed E-state index contributed by atoms with van der Waals surface area (Å²) < 4.78 is 0.361. The number of phenols is 2. The van der Waals surface area contributed by atoms with E-state index in [2.05, 4.69) is 15.9 Å². The van der Waals surface area contributed by atoms with Crippen LogP contribution in [0, 0.1) is 0 Å². The Balaban J connectivity index is 2.56.